The molecule has 4 rings (SSSR count). The fourth-order valence-electron chi connectivity index (χ4n) is 3.87. The van der Waals surface area contributed by atoms with Crippen LogP contribution in [0, 0.1) is 5.82 Å². The minimum Gasteiger partial charge on any atom is -0.383 e. The van der Waals surface area contributed by atoms with E-state index in [0.29, 0.717) is 31.6 Å². The standard InChI is InChI=1S/C21H28FN5O2S/c1-25-10-12-26(13-11-25)14-19-24-18(15-30-19)21(29)6-8-27(9-7-21)20(28)23-17-4-2-16(22)3-5-17/h2-5,15,29H,6-14H2,1H3,(H,23,28). The maximum absolute atomic E-state index is 13.0. The summed E-state index contributed by atoms with van der Waals surface area (Å²) in [5.74, 6) is -0.341. The van der Waals surface area contributed by atoms with Gasteiger partial charge >= 0.3 is 6.03 Å². The van der Waals surface area contributed by atoms with Crippen LogP contribution in [0.4, 0.5) is 14.9 Å². The van der Waals surface area contributed by atoms with Crippen molar-refractivity contribution < 1.29 is 14.3 Å². The molecule has 9 heteroatoms. The number of hydrogen-bond donors (Lipinski definition) is 2. The number of nitrogens with zero attached hydrogens (tertiary/aromatic N) is 4. The first-order chi connectivity index (χ1) is 14.4. The van der Waals surface area contributed by atoms with Gasteiger partial charge in [0.2, 0.25) is 0 Å². The van der Waals surface area contributed by atoms with E-state index in [1.165, 1.54) is 24.3 Å². The smallest absolute Gasteiger partial charge is 0.321 e. The Labute approximate surface area is 180 Å². The number of piperidine rings is 1. The highest BCUT2D eigenvalue weighted by atomic mass is 32.1. The summed E-state index contributed by atoms with van der Waals surface area (Å²) < 4.78 is 13.0. The summed E-state index contributed by atoms with van der Waals surface area (Å²) in [5, 5.41) is 16.9. The number of aromatic nitrogens is 1. The van der Waals surface area contributed by atoms with Crippen molar-refractivity contribution in [3.05, 3.63) is 46.2 Å². The van der Waals surface area contributed by atoms with Crippen LogP contribution in [0.1, 0.15) is 23.5 Å². The number of amides is 2. The van der Waals surface area contributed by atoms with E-state index in [1.807, 2.05) is 5.38 Å². The van der Waals surface area contributed by atoms with E-state index in [1.54, 1.807) is 16.2 Å². The molecule has 162 valence electrons. The Morgan fingerprint density at radius 1 is 1.17 bits per heavy atom. The average Bonchev–Trinajstić information content (AvgIpc) is 3.21. The molecule has 2 saturated heterocycles. The van der Waals surface area contributed by atoms with Gasteiger partial charge in [0.15, 0.2) is 0 Å². The van der Waals surface area contributed by atoms with E-state index in [-0.39, 0.29) is 11.8 Å². The second-order valence-electron chi connectivity index (χ2n) is 8.16. The van der Waals surface area contributed by atoms with Gasteiger partial charge in [0, 0.05) is 50.3 Å². The second kappa shape index (κ2) is 8.97. The molecule has 30 heavy (non-hydrogen) atoms. The third kappa shape index (κ3) is 4.97. The quantitative estimate of drug-likeness (QED) is 0.776. The number of carbonyl (C=O) groups is 1. The van der Waals surface area contributed by atoms with Crippen molar-refractivity contribution in [3.63, 3.8) is 0 Å². The van der Waals surface area contributed by atoms with E-state index >= 15 is 0 Å². The highest BCUT2D eigenvalue weighted by Crippen LogP contribution is 2.34. The number of piperazine rings is 1. The molecule has 0 spiro atoms. The Morgan fingerprint density at radius 2 is 1.83 bits per heavy atom. The zero-order valence-corrected chi connectivity index (χ0v) is 18.0. The Morgan fingerprint density at radius 3 is 2.50 bits per heavy atom. The minimum absolute atomic E-state index is 0.238. The predicted molar refractivity (Wildman–Crippen MR) is 115 cm³/mol. The number of urea groups is 1. The number of hydrogen-bond acceptors (Lipinski definition) is 6. The van der Waals surface area contributed by atoms with Gasteiger partial charge in [-0.2, -0.15) is 0 Å². The van der Waals surface area contributed by atoms with E-state index < -0.39 is 5.60 Å². The number of carbonyl (C=O) groups excluding carboxylic acids is 1. The molecule has 0 unspecified atom stereocenters. The molecule has 0 atom stereocenters. The van der Waals surface area contributed by atoms with Gasteiger partial charge in [-0.05, 0) is 44.2 Å². The van der Waals surface area contributed by atoms with Crippen molar-refractivity contribution in [1.82, 2.24) is 19.7 Å². The van der Waals surface area contributed by atoms with Gasteiger partial charge in [-0.15, -0.1) is 11.3 Å². The molecule has 0 bridgehead atoms. The molecule has 2 fully saturated rings. The normalized spacial score (nSPS) is 20.3. The van der Waals surface area contributed by atoms with Gasteiger partial charge in [0.05, 0.1) is 12.2 Å². The lowest BCUT2D eigenvalue weighted by Gasteiger charge is -2.37. The lowest BCUT2D eigenvalue weighted by Crippen LogP contribution is -2.46. The molecule has 1 aromatic carbocycles. The number of likely N-dealkylation sites (N-methyl/N-ethyl adjacent to an activating group) is 1. The van der Waals surface area contributed by atoms with Crippen molar-refractivity contribution >= 4 is 23.1 Å². The first kappa shape index (κ1) is 21.2. The second-order valence-corrected chi connectivity index (χ2v) is 9.10. The Bertz CT molecular complexity index is 859. The first-order valence-corrected chi connectivity index (χ1v) is 11.2. The Hall–Kier alpha value is -2.07. The van der Waals surface area contributed by atoms with Crippen molar-refractivity contribution in [2.45, 2.75) is 25.0 Å². The molecule has 0 radical (unpaired) electrons. The van der Waals surface area contributed by atoms with Crippen molar-refractivity contribution in [2.24, 2.45) is 0 Å². The van der Waals surface area contributed by atoms with Crippen LogP contribution in [0.2, 0.25) is 0 Å². The summed E-state index contributed by atoms with van der Waals surface area (Å²) in [6.07, 6.45) is 0.892. The third-order valence-corrected chi connectivity index (χ3v) is 6.79. The van der Waals surface area contributed by atoms with Crippen LogP contribution in [0.25, 0.3) is 0 Å². The molecule has 0 aliphatic carbocycles. The molecule has 3 heterocycles. The molecule has 1 aromatic heterocycles. The number of anilines is 1. The summed E-state index contributed by atoms with van der Waals surface area (Å²) in [6, 6.07) is 5.45. The van der Waals surface area contributed by atoms with Crippen molar-refractivity contribution in [2.75, 3.05) is 51.6 Å². The number of halogens is 1. The number of likely N-dealkylation sites (tertiary alicyclic amines) is 1. The Balaban J connectivity index is 1.30. The van der Waals surface area contributed by atoms with Gasteiger partial charge in [-0.1, -0.05) is 0 Å². The average molecular weight is 434 g/mol. The molecule has 2 aliphatic rings. The van der Waals surface area contributed by atoms with Gasteiger partial charge in [0.25, 0.3) is 0 Å². The predicted octanol–water partition coefficient (Wildman–Crippen LogP) is 2.55. The maximum Gasteiger partial charge on any atom is 0.321 e. The topological polar surface area (TPSA) is 71.9 Å². The zero-order valence-electron chi connectivity index (χ0n) is 17.2. The van der Waals surface area contributed by atoms with Crippen LogP contribution in [-0.4, -0.2) is 77.1 Å². The molecule has 2 N–H and O–H groups in total. The number of benzene rings is 1. The molecule has 0 saturated carbocycles. The third-order valence-electron chi connectivity index (χ3n) is 5.96. The highest BCUT2D eigenvalue weighted by Gasteiger charge is 2.37. The molecule has 2 amide bonds. The largest absolute Gasteiger partial charge is 0.383 e. The highest BCUT2D eigenvalue weighted by molar-refractivity contribution is 7.09. The van der Waals surface area contributed by atoms with Gasteiger partial charge in [-0.25, -0.2) is 14.2 Å². The number of rotatable bonds is 4. The van der Waals surface area contributed by atoms with E-state index in [0.717, 1.165) is 43.4 Å². The van der Waals surface area contributed by atoms with Crippen LogP contribution in [0.3, 0.4) is 0 Å². The summed E-state index contributed by atoms with van der Waals surface area (Å²) >= 11 is 1.60. The van der Waals surface area contributed by atoms with E-state index in [9.17, 15) is 14.3 Å². The molecule has 7 nitrogen and oxygen atoms in total. The van der Waals surface area contributed by atoms with Gasteiger partial charge < -0.3 is 20.2 Å². The zero-order chi connectivity index (χ0) is 21.1. The first-order valence-electron chi connectivity index (χ1n) is 10.3. The molecular weight excluding hydrogens is 405 g/mol. The van der Waals surface area contributed by atoms with Crippen LogP contribution < -0.4 is 5.32 Å². The van der Waals surface area contributed by atoms with Crippen LogP contribution in [0.15, 0.2) is 29.6 Å². The monoisotopic (exact) mass is 433 g/mol. The lowest BCUT2D eigenvalue weighted by atomic mass is 9.89. The number of aliphatic hydroxyl groups is 1. The fraction of sp³-hybridized carbons (Fsp3) is 0.524. The molecule has 2 aliphatic heterocycles. The van der Waals surface area contributed by atoms with Gasteiger partial charge in [-0.3, -0.25) is 4.90 Å². The maximum atomic E-state index is 13.0. The van der Waals surface area contributed by atoms with Crippen LogP contribution in [0.5, 0.6) is 0 Å². The summed E-state index contributed by atoms with van der Waals surface area (Å²) in [5.41, 5.74) is 0.272. The number of nitrogens with one attached hydrogen (secondary N) is 1. The SMILES string of the molecule is CN1CCN(Cc2nc(C3(O)CCN(C(=O)Nc4ccc(F)cc4)CC3)cs2)CC1. The fourth-order valence-corrected chi connectivity index (χ4v) is 4.79. The van der Waals surface area contributed by atoms with Crippen LogP contribution in [-0.2, 0) is 12.1 Å². The molecule has 2 aromatic rings. The van der Waals surface area contributed by atoms with E-state index in [4.69, 9.17) is 4.98 Å². The molecular formula is C21H28FN5O2S. The van der Waals surface area contributed by atoms with E-state index in [2.05, 4.69) is 22.2 Å². The lowest BCUT2D eigenvalue weighted by molar-refractivity contribution is -0.0190. The summed E-state index contributed by atoms with van der Waals surface area (Å²) in [6.45, 7) is 5.90. The Kier molecular flexibility index (Phi) is 6.33. The summed E-state index contributed by atoms with van der Waals surface area (Å²) in [7, 11) is 2.14. The van der Waals surface area contributed by atoms with Crippen molar-refractivity contribution in [3.8, 4) is 0 Å². The van der Waals surface area contributed by atoms with Gasteiger partial charge in [0.1, 0.15) is 16.4 Å². The number of thiazole rings is 1. The summed E-state index contributed by atoms with van der Waals surface area (Å²) in [4.78, 5) is 23.6. The van der Waals surface area contributed by atoms with Crippen molar-refractivity contribution in [1.29, 1.82) is 0 Å². The minimum atomic E-state index is -0.997. The van der Waals surface area contributed by atoms with Crippen LogP contribution >= 0.6 is 11.3 Å².